The Morgan fingerprint density at radius 2 is 1.18 bits per heavy atom. The highest BCUT2D eigenvalue weighted by Gasteiger charge is 2.23. The molecule has 0 aliphatic rings. The van der Waals surface area contributed by atoms with E-state index >= 15 is 0 Å². The molecule has 4 rings (SSSR count). The highest BCUT2D eigenvalue weighted by molar-refractivity contribution is 7.81. The van der Waals surface area contributed by atoms with Crippen LogP contribution in [0.25, 0.3) is 0 Å². The molecule has 0 saturated heterocycles. The fourth-order valence-corrected chi connectivity index (χ4v) is 4.48. The van der Waals surface area contributed by atoms with E-state index in [4.69, 9.17) is 19.4 Å². The van der Waals surface area contributed by atoms with Gasteiger partial charge >= 0.3 is 10.4 Å². The van der Waals surface area contributed by atoms with E-state index in [0.29, 0.717) is 18.9 Å². The quantitative estimate of drug-likeness (QED) is 0.160. The Labute approximate surface area is 229 Å². The molecule has 0 fully saturated rings. The van der Waals surface area contributed by atoms with Gasteiger partial charge in [-0.25, -0.2) is 0 Å². The zero-order valence-electron chi connectivity index (χ0n) is 22.0. The second-order valence-corrected chi connectivity index (χ2v) is 10.8. The molecular formula is C31H31NO6S. The summed E-state index contributed by atoms with van der Waals surface area (Å²) in [6.07, 6.45) is 0. The summed E-state index contributed by atoms with van der Waals surface area (Å²) >= 11 is 0. The Balaban J connectivity index is 1.34. The fraction of sp³-hybridized carbons (Fsp3) is 0.194. The van der Waals surface area contributed by atoms with Gasteiger partial charge in [-0.3, -0.25) is 4.55 Å². The summed E-state index contributed by atoms with van der Waals surface area (Å²) in [4.78, 5) is 0. The molecule has 7 nitrogen and oxygen atoms in total. The predicted octanol–water partition coefficient (Wildman–Crippen LogP) is 6.74. The Morgan fingerprint density at radius 3 is 1.62 bits per heavy atom. The maximum atomic E-state index is 10.9. The molecule has 0 amide bonds. The predicted molar refractivity (Wildman–Crippen MR) is 151 cm³/mol. The fourth-order valence-electron chi connectivity index (χ4n) is 4.13. The molecule has 0 spiro atoms. The average Bonchev–Trinajstić information content (AvgIpc) is 2.91. The number of rotatable bonds is 11. The number of nitrogens with one attached hydrogen (secondary N) is 1. The topological polar surface area (TPSA) is 106 Å². The Kier molecular flexibility index (Phi) is 8.38. The Bertz CT molecular complexity index is 1530. The molecule has 0 aromatic heterocycles. The zero-order valence-corrected chi connectivity index (χ0v) is 22.9. The van der Waals surface area contributed by atoms with Gasteiger partial charge in [-0.05, 0) is 89.3 Å². The van der Waals surface area contributed by atoms with Crippen molar-refractivity contribution in [2.75, 3.05) is 0 Å². The molecule has 0 radical (unpaired) electrons. The molecule has 0 aliphatic carbocycles. The van der Waals surface area contributed by atoms with E-state index < -0.39 is 10.4 Å². The van der Waals surface area contributed by atoms with Gasteiger partial charge in [0.1, 0.15) is 30.5 Å². The van der Waals surface area contributed by atoms with Crippen molar-refractivity contribution in [1.29, 1.82) is 5.41 Å². The molecule has 8 heteroatoms. The van der Waals surface area contributed by atoms with Gasteiger partial charge in [0.15, 0.2) is 0 Å². The summed E-state index contributed by atoms with van der Waals surface area (Å²) in [5, 5.41) is 7.69. The first-order valence-corrected chi connectivity index (χ1v) is 13.7. The van der Waals surface area contributed by atoms with Crippen LogP contribution in [0.4, 0.5) is 0 Å². The minimum atomic E-state index is -4.56. The van der Waals surface area contributed by atoms with Gasteiger partial charge < -0.3 is 19.1 Å². The van der Waals surface area contributed by atoms with Crippen molar-refractivity contribution in [3.63, 3.8) is 0 Å². The molecular weight excluding hydrogens is 514 g/mol. The molecule has 4 aromatic carbocycles. The maximum absolute atomic E-state index is 10.9. The molecule has 0 saturated carbocycles. The van der Waals surface area contributed by atoms with Crippen LogP contribution in [0.5, 0.6) is 17.2 Å². The second kappa shape index (κ2) is 11.7. The number of ether oxygens (including phenoxy) is 2. The summed E-state index contributed by atoms with van der Waals surface area (Å²) in [5.41, 5.74) is 5.12. The summed E-state index contributed by atoms with van der Waals surface area (Å²) in [6.45, 7) is 6.74. The Hall–Kier alpha value is -4.14. The van der Waals surface area contributed by atoms with Crippen molar-refractivity contribution in [2.24, 2.45) is 0 Å². The van der Waals surface area contributed by atoms with Crippen LogP contribution < -0.4 is 13.7 Å². The van der Waals surface area contributed by atoms with Crippen LogP contribution in [-0.4, -0.2) is 18.7 Å². The van der Waals surface area contributed by atoms with E-state index in [1.165, 1.54) is 12.1 Å². The smallest absolute Gasteiger partial charge is 0.446 e. The van der Waals surface area contributed by atoms with Gasteiger partial charge in [-0.15, -0.1) is 0 Å². The minimum Gasteiger partial charge on any atom is -0.489 e. The third kappa shape index (κ3) is 7.69. The van der Waals surface area contributed by atoms with Crippen LogP contribution >= 0.6 is 0 Å². The van der Waals surface area contributed by atoms with E-state index in [1.54, 1.807) is 19.1 Å². The average molecular weight is 546 g/mol. The van der Waals surface area contributed by atoms with Gasteiger partial charge in [0.05, 0.1) is 0 Å². The molecule has 4 aromatic rings. The van der Waals surface area contributed by atoms with E-state index in [-0.39, 0.29) is 11.2 Å². The lowest BCUT2D eigenvalue weighted by atomic mass is 9.78. The highest BCUT2D eigenvalue weighted by Crippen LogP contribution is 2.33. The summed E-state index contributed by atoms with van der Waals surface area (Å²) < 4.78 is 47.1. The minimum absolute atomic E-state index is 0.0456. The van der Waals surface area contributed by atoms with Gasteiger partial charge in [-0.2, -0.15) is 8.42 Å². The van der Waals surface area contributed by atoms with Crippen LogP contribution in [-0.2, 0) is 29.0 Å². The third-order valence-electron chi connectivity index (χ3n) is 6.44. The Morgan fingerprint density at radius 1 is 0.744 bits per heavy atom. The molecule has 2 N–H and O–H groups in total. The third-order valence-corrected chi connectivity index (χ3v) is 6.85. The van der Waals surface area contributed by atoms with Gasteiger partial charge in [0.25, 0.3) is 0 Å². The monoisotopic (exact) mass is 545 g/mol. The molecule has 202 valence electrons. The zero-order chi connectivity index (χ0) is 28.0. The van der Waals surface area contributed by atoms with Gasteiger partial charge in [-0.1, -0.05) is 56.3 Å². The number of hydrogen-bond acceptors (Lipinski definition) is 6. The molecule has 0 unspecified atom stereocenters. The van der Waals surface area contributed by atoms with Crippen molar-refractivity contribution >= 4 is 16.1 Å². The SMILES string of the molecule is CC(=N)c1ccc(OCc2cccc(COc3ccc(C(C)(C)c4ccc(OS(=O)(=O)O)cc4)cc3)c2)cc1. The van der Waals surface area contributed by atoms with Crippen molar-refractivity contribution in [1.82, 2.24) is 0 Å². The molecule has 0 atom stereocenters. The van der Waals surface area contributed by atoms with E-state index in [1.807, 2.05) is 66.7 Å². The normalized spacial score (nSPS) is 11.6. The lowest BCUT2D eigenvalue weighted by Gasteiger charge is -2.26. The van der Waals surface area contributed by atoms with Crippen LogP contribution in [0.15, 0.2) is 97.1 Å². The van der Waals surface area contributed by atoms with E-state index in [9.17, 15) is 8.42 Å². The van der Waals surface area contributed by atoms with Crippen LogP contribution in [0.3, 0.4) is 0 Å². The van der Waals surface area contributed by atoms with Crippen LogP contribution in [0, 0.1) is 5.41 Å². The lowest BCUT2D eigenvalue weighted by Crippen LogP contribution is -2.18. The standard InChI is InChI=1S/C31H31NO6S/c1-22(32)25-7-13-28(14-8-25)36-20-23-5-4-6-24(19-23)21-37-29-15-9-26(10-16-29)31(2,3)27-11-17-30(18-12-27)38-39(33,34)35/h4-19,32H,20-21H2,1-3H3,(H,33,34,35). The molecule has 0 aliphatic heterocycles. The maximum Gasteiger partial charge on any atom is 0.446 e. The van der Waals surface area contributed by atoms with E-state index in [2.05, 4.69) is 24.1 Å². The van der Waals surface area contributed by atoms with Crippen molar-refractivity contribution < 1.29 is 26.6 Å². The van der Waals surface area contributed by atoms with Crippen molar-refractivity contribution in [3.05, 3.63) is 125 Å². The summed E-state index contributed by atoms with van der Waals surface area (Å²) in [7, 11) is -4.56. The van der Waals surface area contributed by atoms with Gasteiger partial charge in [0, 0.05) is 11.1 Å². The molecule has 0 bridgehead atoms. The number of benzene rings is 4. The largest absolute Gasteiger partial charge is 0.489 e. The van der Waals surface area contributed by atoms with Gasteiger partial charge in [0.2, 0.25) is 0 Å². The molecule has 0 heterocycles. The van der Waals surface area contributed by atoms with Crippen LogP contribution in [0.2, 0.25) is 0 Å². The van der Waals surface area contributed by atoms with Crippen molar-refractivity contribution in [2.45, 2.75) is 39.4 Å². The van der Waals surface area contributed by atoms with E-state index in [0.717, 1.165) is 39.3 Å². The first kappa shape index (κ1) is 27.9. The first-order chi connectivity index (χ1) is 18.5. The number of hydrogen-bond donors (Lipinski definition) is 2. The lowest BCUT2D eigenvalue weighted by molar-refractivity contribution is 0.300. The summed E-state index contributed by atoms with van der Waals surface area (Å²) in [6, 6.07) is 30.0. The van der Waals surface area contributed by atoms with Crippen LogP contribution in [0.1, 0.15) is 48.6 Å². The summed E-state index contributed by atoms with van der Waals surface area (Å²) in [5.74, 6) is 1.55. The second-order valence-electron chi connectivity index (χ2n) is 9.73. The first-order valence-electron chi connectivity index (χ1n) is 12.4. The van der Waals surface area contributed by atoms with Crippen molar-refractivity contribution in [3.8, 4) is 17.2 Å². The highest BCUT2D eigenvalue weighted by atomic mass is 32.3. The molecule has 39 heavy (non-hydrogen) atoms.